The fourth-order valence-corrected chi connectivity index (χ4v) is 4.96. The molecule has 1 unspecified atom stereocenters. The largest absolute Gasteiger partial charge is 0.395 e. The third kappa shape index (κ3) is 5.44. The zero-order valence-corrected chi connectivity index (χ0v) is 17.1. The zero-order chi connectivity index (χ0) is 20.9. The molecular formula is C22H33N5O2. The van der Waals surface area contributed by atoms with E-state index in [0.29, 0.717) is 42.3 Å². The van der Waals surface area contributed by atoms with Gasteiger partial charge in [-0.2, -0.15) is 0 Å². The Kier molecular flexibility index (Phi) is 7.05. The molecule has 2 fully saturated rings. The van der Waals surface area contributed by atoms with Crippen LogP contribution < -0.4 is 16.8 Å². The van der Waals surface area contributed by atoms with Crippen molar-refractivity contribution in [2.45, 2.75) is 57.2 Å². The summed E-state index contributed by atoms with van der Waals surface area (Å²) in [6.07, 6.45) is 9.23. The molecule has 158 valence electrons. The molecule has 1 amide bonds. The lowest BCUT2D eigenvalue weighted by atomic mass is 9.52. The first kappa shape index (κ1) is 21.5. The molecule has 0 aromatic heterocycles. The van der Waals surface area contributed by atoms with E-state index in [-0.39, 0.29) is 6.61 Å². The van der Waals surface area contributed by atoms with Crippen LogP contribution in [0.15, 0.2) is 41.5 Å². The number of hydrogen-bond donors (Lipinski definition) is 4. The van der Waals surface area contributed by atoms with Gasteiger partial charge < -0.3 is 21.9 Å². The van der Waals surface area contributed by atoms with Crippen molar-refractivity contribution in [3.8, 4) is 0 Å². The first-order chi connectivity index (χ1) is 13.9. The van der Waals surface area contributed by atoms with E-state index in [4.69, 9.17) is 11.5 Å². The second kappa shape index (κ2) is 9.52. The number of amidine groups is 1. The van der Waals surface area contributed by atoms with Crippen molar-refractivity contribution in [2.75, 3.05) is 13.2 Å². The molecule has 1 spiro atoms. The maximum Gasteiger partial charge on any atom is 0.211 e. The van der Waals surface area contributed by atoms with Crippen LogP contribution in [-0.4, -0.2) is 53.5 Å². The van der Waals surface area contributed by atoms with Gasteiger partial charge in [0.15, 0.2) is 0 Å². The van der Waals surface area contributed by atoms with Crippen LogP contribution in [0.2, 0.25) is 0 Å². The lowest BCUT2D eigenvalue weighted by Gasteiger charge is -2.60. The van der Waals surface area contributed by atoms with Crippen molar-refractivity contribution < 1.29 is 9.90 Å². The maximum absolute atomic E-state index is 10.2. The SMILES string of the molecule is CC(Cc1ccc(N=C(N)/C=C\NC=O)cc1)N(CCO)C1CC2(CC(N)C2)C1. The number of carbonyl (C=O) groups is 1. The molecule has 6 N–H and O–H groups in total. The van der Waals surface area contributed by atoms with Crippen LogP contribution in [0.4, 0.5) is 5.69 Å². The molecule has 29 heavy (non-hydrogen) atoms. The summed E-state index contributed by atoms with van der Waals surface area (Å²) in [5.41, 5.74) is 14.3. The highest BCUT2D eigenvalue weighted by Gasteiger charge is 2.53. The predicted molar refractivity (Wildman–Crippen MR) is 116 cm³/mol. The van der Waals surface area contributed by atoms with Crippen molar-refractivity contribution in [2.24, 2.45) is 21.9 Å². The van der Waals surface area contributed by atoms with Gasteiger partial charge in [0.2, 0.25) is 6.41 Å². The first-order valence-electron chi connectivity index (χ1n) is 10.4. The van der Waals surface area contributed by atoms with Crippen molar-refractivity contribution in [1.82, 2.24) is 10.2 Å². The normalized spacial score (nSPS) is 27.7. The smallest absolute Gasteiger partial charge is 0.211 e. The number of nitrogens with one attached hydrogen (secondary N) is 1. The third-order valence-electron chi connectivity index (χ3n) is 6.27. The van der Waals surface area contributed by atoms with Gasteiger partial charge in [0.25, 0.3) is 0 Å². The Morgan fingerprint density at radius 1 is 1.34 bits per heavy atom. The average molecular weight is 400 g/mol. The fraction of sp³-hybridized carbons (Fsp3) is 0.545. The van der Waals surface area contributed by atoms with E-state index in [1.165, 1.54) is 30.7 Å². The number of amides is 1. The highest BCUT2D eigenvalue weighted by Crippen LogP contribution is 2.56. The summed E-state index contributed by atoms with van der Waals surface area (Å²) in [7, 11) is 0. The van der Waals surface area contributed by atoms with E-state index in [1.807, 2.05) is 12.1 Å². The van der Waals surface area contributed by atoms with Gasteiger partial charge >= 0.3 is 0 Å². The zero-order valence-electron chi connectivity index (χ0n) is 17.1. The Labute approximate surface area is 172 Å². The van der Waals surface area contributed by atoms with E-state index in [1.54, 1.807) is 0 Å². The van der Waals surface area contributed by atoms with Gasteiger partial charge in [-0.05, 0) is 68.2 Å². The molecule has 2 aliphatic carbocycles. The van der Waals surface area contributed by atoms with Crippen molar-refractivity contribution in [3.63, 3.8) is 0 Å². The van der Waals surface area contributed by atoms with Gasteiger partial charge in [0.05, 0.1) is 12.3 Å². The molecule has 3 rings (SSSR count). The van der Waals surface area contributed by atoms with Crippen LogP contribution in [0, 0.1) is 5.41 Å². The minimum absolute atomic E-state index is 0.187. The summed E-state index contributed by atoms with van der Waals surface area (Å²) in [6.45, 7) is 3.14. The molecule has 0 bridgehead atoms. The Balaban J connectivity index is 1.55. The standard InChI is InChI=1S/C22H33N5O2/c1-16(27(8-9-28)20-13-22(14-20)11-18(23)12-22)10-17-2-4-19(5-3-17)26-21(24)6-7-25-15-29/h2-7,15-16,18,20,28H,8-14,23H2,1H3,(H2,24,26)(H,25,29)/b7-6-. The minimum atomic E-state index is 0.187. The average Bonchev–Trinajstić information content (AvgIpc) is 2.63. The quantitative estimate of drug-likeness (QED) is 0.270. The van der Waals surface area contributed by atoms with E-state index < -0.39 is 0 Å². The topological polar surface area (TPSA) is 117 Å². The summed E-state index contributed by atoms with van der Waals surface area (Å²) < 4.78 is 0. The first-order valence-corrected chi connectivity index (χ1v) is 10.4. The number of hydrogen-bond acceptors (Lipinski definition) is 5. The van der Waals surface area contributed by atoms with Crippen molar-refractivity contribution >= 4 is 17.9 Å². The van der Waals surface area contributed by atoms with E-state index in [2.05, 4.69) is 34.3 Å². The van der Waals surface area contributed by atoms with Crippen LogP contribution in [0.1, 0.15) is 38.2 Å². The van der Waals surface area contributed by atoms with Crippen LogP contribution in [0.3, 0.4) is 0 Å². The van der Waals surface area contributed by atoms with E-state index in [9.17, 15) is 9.90 Å². The highest BCUT2D eigenvalue weighted by atomic mass is 16.3. The Morgan fingerprint density at radius 2 is 2.03 bits per heavy atom. The molecule has 2 aliphatic rings. The second-order valence-electron chi connectivity index (χ2n) is 8.57. The molecular weight excluding hydrogens is 366 g/mol. The number of carbonyl (C=O) groups excluding carboxylic acids is 1. The molecule has 1 aromatic carbocycles. The lowest BCUT2D eigenvalue weighted by molar-refractivity contribution is -0.108. The number of nitrogens with two attached hydrogens (primary N) is 2. The third-order valence-corrected chi connectivity index (χ3v) is 6.27. The van der Waals surface area contributed by atoms with Gasteiger partial charge in [-0.3, -0.25) is 9.69 Å². The molecule has 0 radical (unpaired) electrons. The Bertz CT molecular complexity index is 732. The van der Waals surface area contributed by atoms with Crippen LogP contribution in [0.5, 0.6) is 0 Å². The number of nitrogens with zero attached hydrogens (tertiary/aromatic N) is 2. The monoisotopic (exact) mass is 399 g/mol. The summed E-state index contributed by atoms with van der Waals surface area (Å²) >= 11 is 0. The van der Waals surface area contributed by atoms with E-state index in [0.717, 1.165) is 24.9 Å². The van der Waals surface area contributed by atoms with Gasteiger partial charge in [-0.1, -0.05) is 12.1 Å². The number of rotatable bonds is 10. The summed E-state index contributed by atoms with van der Waals surface area (Å²) in [5.74, 6) is 0.323. The van der Waals surface area contributed by atoms with Gasteiger partial charge in [0, 0.05) is 30.9 Å². The van der Waals surface area contributed by atoms with Gasteiger partial charge in [-0.15, -0.1) is 0 Å². The highest BCUT2D eigenvalue weighted by molar-refractivity contribution is 5.93. The maximum atomic E-state index is 10.2. The molecule has 2 saturated carbocycles. The summed E-state index contributed by atoms with van der Waals surface area (Å²) in [6, 6.07) is 9.34. The minimum Gasteiger partial charge on any atom is -0.395 e. The Morgan fingerprint density at radius 3 is 2.62 bits per heavy atom. The van der Waals surface area contributed by atoms with Crippen LogP contribution in [0.25, 0.3) is 0 Å². The Hall–Kier alpha value is -2.22. The van der Waals surface area contributed by atoms with E-state index >= 15 is 0 Å². The molecule has 7 heteroatoms. The van der Waals surface area contributed by atoms with Gasteiger partial charge in [0.1, 0.15) is 5.84 Å². The van der Waals surface area contributed by atoms with Crippen molar-refractivity contribution in [3.05, 3.63) is 42.1 Å². The molecule has 0 saturated heterocycles. The van der Waals surface area contributed by atoms with Crippen molar-refractivity contribution in [1.29, 1.82) is 0 Å². The number of benzene rings is 1. The second-order valence-corrected chi connectivity index (χ2v) is 8.57. The molecule has 7 nitrogen and oxygen atoms in total. The molecule has 0 aliphatic heterocycles. The summed E-state index contributed by atoms with van der Waals surface area (Å²) in [5, 5.41) is 11.9. The molecule has 1 atom stereocenters. The van der Waals surface area contributed by atoms with Crippen LogP contribution in [-0.2, 0) is 11.2 Å². The van der Waals surface area contributed by atoms with Gasteiger partial charge in [-0.25, -0.2) is 4.99 Å². The number of aliphatic hydroxyl groups is 1. The molecule has 1 aromatic rings. The lowest BCUT2D eigenvalue weighted by Crippen LogP contribution is -2.61. The fourth-order valence-electron chi connectivity index (χ4n) is 4.96. The summed E-state index contributed by atoms with van der Waals surface area (Å²) in [4.78, 5) is 17.0. The number of aliphatic hydroxyl groups excluding tert-OH is 1. The predicted octanol–water partition coefficient (Wildman–Crippen LogP) is 1.43. The van der Waals surface area contributed by atoms with Crippen LogP contribution >= 0.6 is 0 Å². The molecule has 0 heterocycles. The number of aliphatic imine (C=N–C) groups is 1.